The zero-order valence-corrected chi connectivity index (χ0v) is 32.6. The fourth-order valence-corrected chi connectivity index (χ4v) is 7.87. The third-order valence-corrected chi connectivity index (χ3v) is 10.5. The van der Waals surface area contributed by atoms with Crippen molar-refractivity contribution >= 4 is 35.4 Å². The van der Waals surface area contributed by atoms with Crippen LogP contribution in [-0.2, 0) is 36.0 Å². The molecule has 0 unspecified atom stereocenters. The van der Waals surface area contributed by atoms with Gasteiger partial charge in [0, 0.05) is 45.0 Å². The molecule has 2 aromatic rings. The molecule has 7 nitrogen and oxygen atoms in total. The van der Waals surface area contributed by atoms with Gasteiger partial charge >= 0.3 is 5.97 Å². The van der Waals surface area contributed by atoms with E-state index >= 15 is 0 Å². The highest BCUT2D eigenvalue weighted by molar-refractivity contribution is 8.18. The molecule has 4 N–H and O–H groups in total. The number of aromatic hydroxyl groups is 2. The highest BCUT2D eigenvalue weighted by atomic mass is 32.2. The number of nitrogens with one attached hydrogen (secondary N) is 1. The summed E-state index contributed by atoms with van der Waals surface area (Å²) >= 11 is 3.49. The molecule has 0 aliphatic heterocycles. The molecule has 0 aliphatic rings. The number of phenolic OH excluding ortho intramolecular Hbond substituents is 2. The van der Waals surface area contributed by atoms with Crippen LogP contribution in [0, 0.1) is 0 Å². The number of aliphatic hydroxyl groups excluding tert-OH is 1. The molecule has 0 radical (unpaired) electrons. The molecule has 2 aromatic carbocycles. The van der Waals surface area contributed by atoms with E-state index in [0.29, 0.717) is 12.2 Å². The van der Waals surface area contributed by atoms with Gasteiger partial charge in [-0.1, -0.05) is 76.2 Å². The molecular weight excluding hydrogens is 631 g/mol. The number of carbonyl (C=O) groups is 2. The zero-order valence-electron chi connectivity index (χ0n) is 30.9. The number of thioether (sulfide) groups is 2. The Morgan fingerprint density at radius 3 is 1.49 bits per heavy atom. The van der Waals surface area contributed by atoms with E-state index in [-0.39, 0.29) is 64.6 Å². The quantitative estimate of drug-likeness (QED) is 0.0938. The number of hydrogen-bond donors (Lipinski definition) is 4. The van der Waals surface area contributed by atoms with Crippen LogP contribution in [0.25, 0.3) is 0 Å². The van der Waals surface area contributed by atoms with Gasteiger partial charge in [0.05, 0.1) is 23.7 Å². The van der Waals surface area contributed by atoms with Crippen LogP contribution < -0.4 is 5.32 Å². The molecule has 1 amide bonds. The van der Waals surface area contributed by atoms with Gasteiger partial charge in [0.25, 0.3) is 0 Å². The molecule has 0 fully saturated rings. The lowest BCUT2D eigenvalue weighted by atomic mass is 9.77. The van der Waals surface area contributed by atoms with E-state index in [0.717, 1.165) is 32.0 Å². The number of ether oxygens (including phenoxy) is 1. The molecule has 0 saturated heterocycles. The molecule has 0 atom stereocenters. The molecule has 0 bridgehead atoms. The standard InChI is InChI=1S/C38H59NO6S2/c1-34(2,3)26-20-24(21-27(32(26)43)35(4,5)6)46-38(12,13)47-25-22-28(36(7,8)9)33(44)29(23-25)37(10,11)16-19-45-31(42)15-14-30(41)39-17-18-40/h20-23,40,43-44H,14-19H2,1-13H3,(H,39,41). The third kappa shape index (κ3) is 11.9. The summed E-state index contributed by atoms with van der Waals surface area (Å²) in [6, 6.07) is 8.38. The van der Waals surface area contributed by atoms with E-state index in [2.05, 4.69) is 106 Å². The number of phenols is 2. The summed E-state index contributed by atoms with van der Waals surface area (Å²) in [6.45, 7) is 27.6. The van der Waals surface area contributed by atoms with Crippen molar-refractivity contribution in [1.29, 1.82) is 0 Å². The maximum Gasteiger partial charge on any atom is 0.306 e. The summed E-state index contributed by atoms with van der Waals surface area (Å²) in [6.07, 6.45) is 0.452. The van der Waals surface area contributed by atoms with Crippen molar-refractivity contribution in [3.05, 3.63) is 46.5 Å². The van der Waals surface area contributed by atoms with Crippen LogP contribution in [0.1, 0.15) is 132 Å². The highest BCUT2D eigenvalue weighted by Gasteiger charge is 2.33. The lowest BCUT2D eigenvalue weighted by Crippen LogP contribution is -2.27. The minimum absolute atomic E-state index is 0.00417. The molecule has 264 valence electrons. The molecule has 0 heterocycles. The number of aliphatic hydroxyl groups is 1. The van der Waals surface area contributed by atoms with Crippen molar-refractivity contribution in [2.75, 3.05) is 19.8 Å². The Morgan fingerprint density at radius 1 is 0.681 bits per heavy atom. The monoisotopic (exact) mass is 689 g/mol. The second-order valence-corrected chi connectivity index (χ2v) is 20.2. The number of hydrogen-bond acceptors (Lipinski definition) is 8. The van der Waals surface area contributed by atoms with Gasteiger partial charge < -0.3 is 25.4 Å². The first-order chi connectivity index (χ1) is 21.3. The minimum Gasteiger partial charge on any atom is -0.507 e. The molecule has 47 heavy (non-hydrogen) atoms. The molecule has 2 rings (SSSR count). The Balaban J connectivity index is 2.37. The third-order valence-electron chi connectivity index (χ3n) is 8.03. The number of carbonyl (C=O) groups excluding carboxylic acids is 2. The Labute approximate surface area is 292 Å². The molecule has 0 spiro atoms. The van der Waals surface area contributed by atoms with Crippen LogP contribution in [-0.4, -0.2) is 51.0 Å². The Bertz CT molecular complexity index is 1380. The summed E-state index contributed by atoms with van der Waals surface area (Å²) < 4.78 is 5.17. The first-order valence-corrected chi connectivity index (χ1v) is 18.1. The smallest absolute Gasteiger partial charge is 0.306 e. The fraction of sp³-hybridized carbons (Fsp3) is 0.632. The van der Waals surface area contributed by atoms with Gasteiger partial charge in [0.2, 0.25) is 5.91 Å². The summed E-state index contributed by atoms with van der Waals surface area (Å²) in [7, 11) is 0. The van der Waals surface area contributed by atoms with Crippen molar-refractivity contribution in [3.8, 4) is 11.5 Å². The maximum atomic E-state index is 12.3. The largest absolute Gasteiger partial charge is 0.507 e. The van der Waals surface area contributed by atoms with E-state index in [1.807, 2.05) is 13.8 Å². The summed E-state index contributed by atoms with van der Waals surface area (Å²) in [5, 5.41) is 34.2. The Morgan fingerprint density at radius 2 is 1.09 bits per heavy atom. The van der Waals surface area contributed by atoms with Crippen molar-refractivity contribution < 1.29 is 29.6 Å². The minimum atomic E-state index is -0.517. The van der Waals surface area contributed by atoms with Crippen LogP contribution in [0.15, 0.2) is 34.1 Å². The number of esters is 1. The van der Waals surface area contributed by atoms with E-state index in [1.165, 1.54) is 0 Å². The molecular formula is C38H59NO6S2. The van der Waals surface area contributed by atoms with Crippen LogP contribution in [0.3, 0.4) is 0 Å². The topological polar surface area (TPSA) is 116 Å². The van der Waals surface area contributed by atoms with Gasteiger partial charge in [-0.25, -0.2) is 0 Å². The SMILES string of the molecule is CC(C)(Sc1cc(C(C)(C)C)c(O)c(C(C)(C)C)c1)Sc1cc(C(C)(C)C)c(O)c(C(C)(C)CCOC(=O)CCC(=O)NCCO)c1. The van der Waals surface area contributed by atoms with Gasteiger partial charge in [0.1, 0.15) is 11.5 Å². The van der Waals surface area contributed by atoms with Crippen LogP contribution in [0.2, 0.25) is 0 Å². The number of rotatable bonds is 13. The second-order valence-electron chi connectivity index (χ2n) is 16.5. The first kappa shape index (κ1) is 40.8. The van der Waals surface area contributed by atoms with Gasteiger partial charge in [-0.3, -0.25) is 9.59 Å². The first-order valence-electron chi connectivity index (χ1n) is 16.5. The van der Waals surface area contributed by atoms with Crippen LogP contribution in [0.4, 0.5) is 0 Å². The summed E-state index contributed by atoms with van der Waals surface area (Å²) in [4.78, 5) is 26.2. The Kier molecular flexibility index (Phi) is 13.4. The fourth-order valence-electron chi connectivity index (χ4n) is 5.28. The lowest BCUT2D eigenvalue weighted by molar-refractivity contribution is -0.145. The van der Waals surface area contributed by atoms with Crippen LogP contribution >= 0.6 is 23.5 Å². The van der Waals surface area contributed by atoms with Crippen LogP contribution in [0.5, 0.6) is 11.5 Å². The molecule has 0 aliphatic carbocycles. The van der Waals surface area contributed by atoms with E-state index in [9.17, 15) is 19.8 Å². The second kappa shape index (κ2) is 15.5. The average Bonchev–Trinajstić information content (AvgIpc) is 2.90. The summed E-state index contributed by atoms with van der Waals surface area (Å²) in [5.41, 5.74) is 2.24. The van der Waals surface area contributed by atoms with E-state index in [1.54, 1.807) is 23.5 Å². The summed E-state index contributed by atoms with van der Waals surface area (Å²) in [5.74, 6) is -0.135. The zero-order chi connectivity index (χ0) is 36.2. The Hall–Kier alpha value is -2.36. The highest BCUT2D eigenvalue weighted by Crippen LogP contribution is 2.51. The maximum absolute atomic E-state index is 12.3. The van der Waals surface area contributed by atoms with E-state index in [4.69, 9.17) is 9.84 Å². The molecule has 0 aromatic heterocycles. The number of benzene rings is 2. The van der Waals surface area contributed by atoms with Crippen molar-refractivity contribution in [3.63, 3.8) is 0 Å². The van der Waals surface area contributed by atoms with Gasteiger partial charge in [0.15, 0.2) is 0 Å². The van der Waals surface area contributed by atoms with Crippen molar-refractivity contribution in [1.82, 2.24) is 5.32 Å². The van der Waals surface area contributed by atoms with Gasteiger partial charge in [-0.15, -0.1) is 23.5 Å². The number of amides is 1. The predicted molar refractivity (Wildman–Crippen MR) is 196 cm³/mol. The lowest BCUT2D eigenvalue weighted by Gasteiger charge is -2.32. The van der Waals surface area contributed by atoms with Crippen molar-refractivity contribution in [2.45, 2.75) is 145 Å². The average molecular weight is 690 g/mol. The van der Waals surface area contributed by atoms with Crippen molar-refractivity contribution in [2.24, 2.45) is 0 Å². The van der Waals surface area contributed by atoms with E-state index < -0.39 is 11.4 Å². The normalized spacial score (nSPS) is 13.1. The molecule has 9 heteroatoms. The van der Waals surface area contributed by atoms with Gasteiger partial charge in [-0.05, 0) is 66.2 Å². The predicted octanol–water partition coefficient (Wildman–Crippen LogP) is 8.71. The molecule has 0 saturated carbocycles. The van der Waals surface area contributed by atoms with Gasteiger partial charge in [-0.2, -0.15) is 0 Å².